The maximum atomic E-state index is 12.5. The molecule has 1 aromatic heterocycles. The minimum absolute atomic E-state index is 0.0195. The van der Waals surface area contributed by atoms with Crippen LogP contribution in [-0.4, -0.2) is 12.2 Å². The highest BCUT2D eigenvalue weighted by atomic mass is 32.2. The van der Waals surface area contributed by atoms with Gasteiger partial charge >= 0.3 is 5.63 Å². The fourth-order valence-electron chi connectivity index (χ4n) is 2.30. The third kappa shape index (κ3) is 3.41. The Labute approximate surface area is 143 Å². The van der Waals surface area contributed by atoms with Crippen LogP contribution in [0.5, 0.6) is 0 Å². The van der Waals surface area contributed by atoms with Gasteiger partial charge in [-0.3, -0.25) is 4.79 Å². The van der Waals surface area contributed by atoms with Crippen LogP contribution < -0.4 is 10.9 Å². The molecule has 0 saturated carbocycles. The van der Waals surface area contributed by atoms with Gasteiger partial charge in [-0.05, 0) is 24.5 Å². The van der Waals surface area contributed by atoms with Crippen molar-refractivity contribution in [3.63, 3.8) is 0 Å². The van der Waals surface area contributed by atoms with E-state index in [1.54, 1.807) is 18.2 Å². The van der Waals surface area contributed by atoms with Crippen LogP contribution in [0.25, 0.3) is 11.3 Å². The van der Waals surface area contributed by atoms with E-state index in [0.717, 1.165) is 5.56 Å². The van der Waals surface area contributed by atoms with Crippen molar-refractivity contribution in [2.75, 3.05) is 11.6 Å². The van der Waals surface area contributed by atoms with Gasteiger partial charge < -0.3 is 9.73 Å². The number of carbonyl (C=O) groups excluding carboxylic acids is 1. The first kappa shape index (κ1) is 16.1. The predicted molar refractivity (Wildman–Crippen MR) is 96.6 cm³/mol. The van der Waals surface area contributed by atoms with Gasteiger partial charge in [-0.1, -0.05) is 48.5 Å². The molecule has 0 fully saturated rings. The topological polar surface area (TPSA) is 59.3 Å². The molecule has 1 heterocycles. The average Bonchev–Trinajstić information content (AvgIpc) is 2.62. The van der Waals surface area contributed by atoms with Crippen molar-refractivity contribution in [2.45, 2.75) is 4.90 Å². The molecule has 0 saturated heterocycles. The Bertz CT molecular complexity index is 905. The van der Waals surface area contributed by atoms with Gasteiger partial charge in [0, 0.05) is 16.1 Å². The van der Waals surface area contributed by atoms with Crippen molar-refractivity contribution in [3.8, 4) is 11.3 Å². The molecule has 2 aromatic carbocycles. The number of hydrogen-bond acceptors (Lipinski definition) is 4. The van der Waals surface area contributed by atoms with Crippen LogP contribution >= 0.6 is 11.8 Å². The van der Waals surface area contributed by atoms with Crippen LogP contribution in [0.1, 0.15) is 10.4 Å². The molecule has 4 nitrogen and oxygen atoms in total. The minimum Gasteiger partial charge on any atom is -0.422 e. The molecule has 0 spiro atoms. The number of benzene rings is 2. The maximum Gasteiger partial charge on any atom is 0.350 e. The lowest BCUT2D eigenvalue weighted by atomic mass is 10.1. The lowest BCUT2D eigenvalue weighted by Crippen LogP contribution is -2.22. The molecule has 0 radical (unpaired) electrons. The Morgan fingerprint density at radius 3 is 2.25 bits per heavy atom. The van der Waals surface area contributed by atoms with E-state index in [-0.39, 0.29) is 5.56 Å². The summed E-state index contributed by atoms with van der Waals surface area (Å²) in [6.07, 6.45) is 1.82. The number of thioether (sulfide) groups is 1. The van der Waals surface area contributed by atoms with E-state index >= 15 is 0 Å². The van der Waals surface area contributed by atoms with E-state index in [4.69, 9.17) is 4.42 Å². The summed E-state index contributed by atoms with van der Waals surface area (Å²) in [6, 6.07) is 20.0. The molecule has 0 aliphatic carbocycles. The normalized spacial score (nSPS) is 10.4. The van der Waals surface area contributed by atoms with E-state index in [1.165, 1.54) is 11.8 Å². The maximum absolute atomic E-state index is 12.5. The van der Waals surface area contributed by atoms with Crippen LogP contribution in [0.3, 0.4) is 0 Å². The Hall–Kier alpha value is -2.79. The number of para-hydroxylation sites is 1. The molecule has 1 N–H and O–H groups in total. The molecular weight excluding hydrogens is 322 g/mol. The lowest BCUT2D eigenvalue weighted by Gasteiger charge is -2.09. The van der Waals surface area contributed by atoms with Gasteiger partial charge in [-0.25, -0.2) is 4.79 Å². The third-order valence-corrected chi connectivity index (χ3v) is 4.21. The average molecular weight is 337 g/mol. The Morgan fingerprint density at radius 2 is 1.62 bits per heavy atom. The number of hydrogen-bond donors (Lipinski definition) is 1. The van der Waals surface area contributed by atoms with E-state index in [1.807, 2.05) is 54.8 Å². The minimum atomic E-state index is -0.644. The zero-order chi connectivity index (χ0) is 16.9. The molecule has 5 heteroatoms. The summed E-state index contributed by atoms with van der Waals surface area (Å²) in [5.41, 5.74) is 0.793. The van der Waals surface area contributed by atoms with Crippen molar-refractivity contribution in [1.82, 2.24) is 0 Å². The molecule has 1 amide bonds. The van der Waals surface area contributed by atoms with E-state index in [2.05, 4.69) is 5.32 Å². The molecule has 0 atom stereocenters. The second-order valence-corrected chi connectivity index (χ2v) is 5.88. The number of nitrogens with one attached hydrogen (secondary N) is 1. The number of anilines is 1. The summed E-state index contributed by atoms with van der Waals surface area (Å²) in [6.45, 7) is 0. The van der Waals surface area contributed by atoms with Crippen LogP contribution in [0.15, 0.2) is 80.8 Å². The Morgan fingerprint density at radius 1 is 1.00 bits per heavy atom. The van der Waals surface area contributed by atoms with Gasteiger partial charge in [0.1, 0.15) is 11.3 Å². The number of rotatable bonds is 4. The molecule has 0 bridgehead atoms. The lowest BCUT2D eigenvalue weighted by molar-refractivity contribution is 0.102. The van der Waals surface area contributed by atoms with Crippen molar-refractivity contribution in [2.24, 2.45) is 0 Å². The van der Waals surface area contributed by atoms with E-state index in [0.29, 0.717) is 16.3 Å². The van der Waals surface area contributed by atoms with Crippen LogP contribution in [-0.2, 0) is 0 Å². The molecule has 120 valence electrons. The van der Waals surface area contributed by atoms with Gasteiger partial charge in [-0.2, -0.15) is 0 Å². The van der Waals surface area contributed by atoms with E-state index in [9.17, 15) is 9.59 Å². The van der Waals surface area contributed by atoms with Crippen LogP contribution in [0.4, 0.5) is 5.69 Å². The van der Waals surface area contributed by atoms with E-state index < -0.39 is 11.5 Å². The van der Waals surface area contributed by atoms with Crippen molar-refractivity contribution >= 4 is 23.4 Å². The molecule has 24 heavy (non-hydrogen) atoms. The summed E-state index contributed by atoms with van der Waals surface area (Å²) in [4.78, 5) is 25.4. The standard InChI is InChI=1S/C19H15NO3S/c1-24-16-12-15(13-8-4-2-5-9-13)23-19(22)17(16)18(21)20-14-10-6-3-7-11-14/h2-12H,1H3,(H,20,21). The first-order valence-corrected chi connectivity index (χ1v) is 8.55. The number of amides is 1. The molecule has 3 rings (SSSR count). The fraction of sp³-hybridized carbons (Fsp3) is 0.0526. The summed E-state index contributed by atoms with van der Waals surface area (Å²) >= 11 is 1.34. The molecule has 3 aromatic rings. The largest absolute Gasteiger partial charge is 0.422 e. The highest BCUT2D eigenvalue weighted by Gasteiger charge is 2.19. The summed E-state index contributed by atoms with van der Waals surface area (Å²) in [7, 11) is 0. The fourth-order valence-corrected chi connectivity index (χ4v) is 2.90. The molecule has 0 aliphatic rings. The van der Waals surface area contributed by atoms with Crippen molar-refractivity contribution in [1.29, 1.82) is 0 Å². The zero-order valence-electron chi connectivity index (χ0n) is 13.0. The van der Waals surface area contributed by atoms with Gasteiger partial charge in [0.05, 0.1) is 0 Å². The smallest absolute Gasteiger partial charge is 0.350 e. The monoisotopic (exact) mass is 337 g/mol. The number of carbonyl (C=O) groups is 1. The first-order chi connectivity index (χ1) is 11.7. The predicted octanol–water partition coefficient (Wildman–Crippen LogP) is 4.28. The summed E-state index contributed by atoms with van der Waals surface area (Å²) in [5.74, 6) is -0.0277. The zero-order valence-corrected chi connectivity index (χ0v) is 13.8. The van der Waals surface area contributed by atoms with Crippen LogP contribution in [0, 0.1) is 0 Å². The quantitative estimate of drug-likeness (QED) is 0.722. The highest BCUT2D eigenvalue weighted by molar-refractivity contribution is 7.98. The molecular formula is C19H15NO3S. The molecule has 0 unspecified atom stereocenters. The third-order valence-electron chi connectivity index (χ3n) is 3.45. The van der Waals surface area contributed by atoms with Crippen molar-refractivity contribution < 1.29 is 9.21 Å². The van der Waals surface area contributed by atoms with Gasteiger partial charge in [0.15, 0.2) is 0 Å². The SMILES string of the molecule is CSc1cc(-c2ccccc2)oc(=O)c1C(=O)Nc1ccccc1. The highest BCUT2D eigenvalue weighted by Crippen LogP contribution is 2.26. The second-order valence-electron chi connectivity index (χ2n) is 5.03. The summed E-state index contributed by atoms with van der Waals surface area (Å²) in [5, 5.41) is 2.72. The second kappa shape index (κ2) is 7.19. The summed E-state index contributed by atoms with van der Waals surface area (Å²) < 4.78 is 5.37. The Kier molecular flexibility index (Phi) is 4.82. The van der Waals surface area contributed by atoms with Gasteiger partial charge in [0.25, 0.3) is 5.91 Å². The first-order valence-electron chi connectivity index (χ1n) is 7.33. The Balaban J connectivity index is 1.99. The van der Waals surface area contributed by atoms with Crippen molar-refractivity contribution in [3.05, 3.63) is 82.7 Å². The van der Waals surface area contributed by atoms with Gasteiger partial charge in [0.2, 0.25) is 0 Å². The molecule has 0 aliphatic heterocycles. The van der Waals surface area contributed by atoms with Gasteiger partial charge in [-0.15, -0.1) is 11.8 Å². The van der Waals surface area contributed by atoms with Crippen LogP contribution in [0.2, 0.25) is 0 Å².